The molecule has 0 spiro atoms. The van der Waals surface area contributed by atoms with Crippen molar-refractivity contribution in [1.82, 2.24) is 0 Å². The van der Waals surface area contributed by atoms with Crippen LogP contribution in [-0.2, 0) is 0 Å². The van der Waals surface area contributed by atoms with Gasteiger partial charge in [-0.1, -0.05) is 17.4 Å². The molecule has 2 N–H and O–H groups in total. The fourth-order valence-electron chi connectivity index (χ4n) is 1.22. The molecule has 2 rings (SSSR count). The summed E-state index contributed by atoms with van der Waals surface area (Å²) in [6.45, 7) is 0. The van der Waals surface area contributed by atoms with Crippen LogP contribution in [0.3, 0.4) is 0 Å². The van der Waals surface area contributed by atoms with Gasteiger partial charge in [0.1, 0.15) is 0 Å². The van der Waals surface area contributed by atoms with Gasteiger partial charge in [-0.2, -0.15) is 0 Å². The highest BCUT2D eigenvalue weighted by Gasteiger charge is 2.16. The predicted molar refractivity (Wildman–Crippen MR) is 61.3 cm³/mol. The lowest BCUT2D eigenvalue weighted by atomic mass is 10.2. The van der Waals surface area contributed by atoms with Crippen LogP contribution in [0.5, 0.6) is 0 Å². The number of hydrogen-bond donors (Lipinski definition) is 1. The predicted octanol–water partition coefficient (Wildman–Crippen LogP) is 2.77. The first-order chi connectivity index (χ1) is 7.18. The van der Waals surface area contributed by atoms with Crippen LogP contribution >= 0.6 is 22.7 Å². The van der Waals surface area contributed by atoms with Gasteiger partial charge in [0.25, 0.3) is 0 Å². The number of thiophene rings is 2. The summed E-state index contributed by atoms with van der Waals surface area (Å²) in [5, 5.41) is 12.6. The van der Waals surface area contributed by atoms with Gasteiger partial charge in [0.05, 0.1) is 11.0 Å². The van der Waals surface area contributed by atoms with E-state index in [4.69, 9.17) is 5.73 Å². The van der Waals surface area contributed by atoms with Crippen LogP contribution < -0.4 is 5.73 Å². The Morgan fingerprint density at radius 2 is 2.13 bits per heavy atom. The Labute approximate surface area is 94.1 Å². The van der Waals surface area contributed by atoms with Gasteiger partial charge in [-0.05, 0) is 17.5 Å². The minimum Gasteiger partial charge on any atom is -0.319 e. The highest BCUT2D eigenvalue weighted by Crippen LogP contribution is 2.32. The number of nitro groups is 1. The Bertz CT molecular complexity index is 464. The van der Waals surface area contributed by atoms with Crippen LogP contribution in [-0.4, -0.2) is 4.92 Å². The molecule has 0 amide bonds. The molecule has 0 fully saturated rings. The Morgan fingerprint density at radius 3 is 2.67 bits per heavy atom. The van der Waals surface area contributed by atoms with Crippen molar-refractivity contribution in [2.24, 2.45) is 5.73 Å². The Hall–Kier alpha value is -1.24. The lowest BCUT2D eigenvalue weighted by Gasteiger charge is -2.04. The van der Waals surface area contributed by atoms with Gasteiger partial charge in [0, 0.05) is 15.8 Å². The lowest BCUT2D eigenvalue weighted by molar-refractivity contribution is -0.380. The number of nitrogens with zero attached hydrogens (tertiary/aromatic N) is 1. The van der Waals surface area contributed by atoms with E-state index in [1.54, 1.807) is 17.4 Å². The summed E-state index contributed by atoms with van der Waals surface area (Å²) in [5.41, 5.74) is 5.97. The highest BCUT2D eigenvalue weighted by molar-refractivity contribution is 7.15. The van der Waals surface area contributed by atoms with Crippen molar-refractivity contribution >= 4 is 27.7 Å². The van der Waals surface area contributed by atoms with Gasteiger partial charge < -0.3 is 5.73 Å². The monoisotopic (exact) mass is 240 g/mol. The maximum absolute atomic E-state index is 10.5. The largest absolute Gasteiger partial charge is 0.324 e. The van der Waals surface area contributed by atoms with E-state index in [0.29, 0.717) is 0 Å². The van der Waals surface area contributed by atoms with E-state index in [2.05, 4.69) is 0 Å². The molecule has 2 aromatic heterocycles. The van der Waals surface area contributed by atoms with Crippen molar-refractivity contribution in [3.8, 4) is 0 Å². The molecule has 78 valence electrons. The third kappa shape index (κ3) is 2.06. The first kappa shape index (κ1) is 10.3. The summed E-state index contributed by atoms with van der Waals surface area (Å²) in [6.07, 6.45) is 0. The molecular weight excluding hydrogens is 232 g/mol. The van der Waals surface area contributed by atoms with Gasteiger partial charge in [-0.15, -0.1) is 11.3 Å². The molecule has 0 radical (unpaired) electrons. The normalized spacial score (nSPS) is 12.6. The first-order valence-corrected chi connectivity index (χ1v) is 5.91. The zero-order valence-corrected chi connectivity index (χ0v) is 9.25. The molecule has 4 nitrogen and oxygen atoms in total. The van der Waals surface area contributed by atoms with Gasteiger partial charge in [0.2, 0.25) is 0 Å². The van der Waals surface area contributed by atoms with Crippen LogP contribution in [0.2, 0.25) is 0 Å². The van der Waals surface area contributed by atoms with E-state index in [-0.39, 0.29) is 11.0 Å². The number of nitrogens with two attached hydrogens (primary N) is 1. The maximum Gasteiger partial charge on any atom is 0.324 e. The molecule has 0 bridgehead atoms. The Morgan fingerprint density at radius 1 is 1.33 bits per heavy atom. The molecule has 0 saturated heterocycles. The summed E-state index contributed by atoms with van der Waals surface area (Å²) >= 11 is 2.69. The molecule has 0 aliphatic rings. The zero-order chi connectivity index (χ0) is 10.8. The molecule has 0 unspecified atom stereocenters. The fourth-order valence-corrected chi connectivity index (χ4v) is 2.88. The van der Waals surface area contributed by atoms with Crippen LogP contribution in [0, 0.1) is 10.1 Å². The van der Waals surface area contributed by atoms with Gasteiger partial charge in [-0.3, -0.25) is 10.1 Å². The topological polar surface area (TPSA) is 69.2 Å². The summed E-state index contributed by atoms with van der Waals surface area (Å²) < 4.78 is 0. The zero-order valence-electron chi connectivity index (χ0n) is 7.62. The van der Waals surface area contributed by atoms with Crippen molar-refractivity contribution in [3.63, 3.8) is 0 Å². The van der Waals surface area contributed by atoms with E-state index >= 15 is 0 Å². The molecule has 1 atom stereocenters. The van der Waals surface area contributed by atoms with Crippen molar-refractivity contribution < 1.29 is 4.92 Å². The molecule has 0 saturated carbocycles. The second-order valence-corrected chi connectivity index (χ2v) is 5.00. The minimum absolute atomic E-state index is 0.136. The molecule has 0 aliphatic carbocycles. The third-order valence-corrected chi connectivity index (χ3v) is 4.02. The molecular formula is C9H8N2O2S2. The second-order valence-electron chi connectivity index (χ2n) is 2.93. The van der Waals surface area contributed by atoms with Crippen LogP contribution in [0.15, 0.2) is 29.6 Å². The van der Waals surface area contributed by atoms with Gasteiger partial charge >= 0.3 is 5.00 Å². The van der Waals surface area contributed by atoms with E-state index in [1.807, 2.05) is 17.5 Å². The van der Waals surface area contributed by atoms with Crippen LogP contribution in [0.25, 0.3) is 0 Å². The first-order valence-electron chi connectivity index (χ1n) is 4.21. The van der Waals surface area contributed by atoms with Crippen molar-refractivity contribution in [2.75, 3.05) is 0 Å². The fraction of sp³-hybridized carbons (Fsp3) is 0.111. The summed E-state index contributed by atoms with van der Waals surface area (Å²) in [4.78, 5) is 12.0. The van der Waals surface area contributed by atoms with E-state index in [9.17, 15) is 10.1 Å². The minimum atomic E-state index is -0.394. The SMILES string of the molecule is N[C@@H](c1cccs1)c1ccc([N+](=O)[O-])s1. The number of rotatable bonds is 3. The number of hydrogen-bond acceptors (Lipinski definition) is 5. The van der Waals surface area contributed by atoms with Crippen LogP contribution in [0.4, 0.5) is 5.00 Å². The second kappa shape index (κ2) is 4.09. The molecule has 15 heavy (non-hydrogen) atoms. The average molecular weight is 240 g/mol. The molecule has 6 heteroatoms. The summed E-state index contributed by atoms with van der Waals surface area (Å²) in [6, 6.07) is 6.81. The van der Waals surface area contributed by atoms with E-state index < -0.39 is 4.92 Å². The van der Waals surface area contributed by atoms with Gasteiger partial charge in [-0.25, -0.2) is 0 Å². The Balaban J connectivity index is 2.26. The maximum atomic E-state index is 10.5. The molecule has 0 aliphatic heterocycles. The molecule has 0 aromatic carbocycles. The van der Waals surface area contributed by atoms with Crippen LogP contribution in [0.1, 0.15) is 15.8 Å². The van der Waals surface area contributed by atoms with Crippen molar-refractivity contribution in [3.05, 3.63) is 49.5 Å². The lowest BCUT2D eigenvalue weighted by Crippen LogP contribution is -2.07. The molecule has 2 heterocycles. The standard InChI is InChI=1S/C9H8N2O2S2/c10-9(6-2-1-5-14-6)7-3-4-8(15-7)11(12)13/h1-5,9H,10H2/t9-/m0/s1. The highest BCUT2D eigenvalue weighted by atomic mass is 32.1. The summed E-state index contributed by atoms with van der Waals surface area (Å²) in [5.74, 6) is 0. The quantitative estimate of drug-likeness (QED) is 0.662. The van der Waals surface area contributed by atoms with Gasteiger partial charge in [0.15, 0.2) is 0 Å². The molecule has 2 aromatic rings. The van der Waals surface area contributed by atoms with E-state index in [0.717, 1.165) is 21.1 Å². The van der Waals surface area contributed by atoms with Crippen molar-refractivity contribution in [2.45, 2.75) is 6.04 Å². The summed E-state index contributed by atoms with van der Waals surface area (Å²) in [7, 11) is 0. The third-order valence-electron chi connectivity index (χ3n) is 1.95. The Kier molecular flexibility index (Phi) is 2.81. The smallest absolute Gasteiger partial charge is 0.319 e. The van der Waals surface area contributed by atoms with Crippen molar-refractivity contribution in [1.29, 1.82) is 0 Å². The van der Waals surface area contributed by atoms with E-state index in [1.165, 1.54) is 6.07 Å². The average Bonchev–Trinajstić information content (AvgIpc) is 2.88.